The molecule has 1 aliphatic heterocycles. The van der Waals surface area contributed by atoms with Gasteiger partial charge in [0.05, 0.1) is 0 Å². The summed E-state index contributed by atoms with van der Waals surface area (Å²) < 4.78 is 11.5. The first-order chi connectivity index (χ1) is 9.22. The van der Waals surface area contributed by atoms with Crippen LogP contribution in [0.25, 0.3) is 0 Å². The number of nitrogens with two attached hydrogens (primary N) is 1. The molecule has 0 saturated heterocycles. The maximum atomic E-state index is 5.81. The first-order valence-electron chi connectivity index (χ1n) is 6.33. The molecule has 0 amide bonds. The van der Waals surface area contributed by atoms with E-state index in [2.05, 4.69) is 11.1 Å². The van der Waals surface area contributed by atoms with Crippen molar-refractivity contribution in [1.82, 2.24) is 4.98 Å². The Kier molecular flexibility index (Phi) is 2.99. The summed E-state index contributed by atoms with van der Waals surface area (Å²) in [5.74, 6) is 1.99. The van der Waals surface area contributed by atoms with Crippen LogP contribution in [0.5, 0.6) is 11.5 Å². The van der Waals surface area contributed by atoms with Gasteiger partial charge in [0.15, 0.2) is 11.6 Å². The normalized spacial score (nSPS) is 16.8. The molecule has 2 heterocycles. The van der Waals surface area contributed by atoms with Crippen LogP contribution in [-0.2, 0) is 6.42 Å². The smallest absolute Gasteiger partial charge is 0.166 e. The molecule has 19 heavy (non-hydrogen) atoms. The number of aryl methyl sites for hydroxylation is 1. The number of fused-ring (bicyclic) bond motifs is 1. The number of anilines is 1. The molecule has 3 rings (SSSR count). The van der Waals surface area contributed by atoms with Crippen molar-refractivity contribution in [3.05, 3.63) is 47.7 Å². The summed E-state index contributed by atoms with van der Waals surface area (Å²) in [4.78, 5) is 4.17. The number of para-hydroxylation sites is 1. The Hall–Kier alpha value is -2.23. The minimum absolute atomic E-state index is 0.0399. The van der Waals surface area contributed by atoms with Crippen LogP contribution in [0.1, 0.15) is 11.3 Å². The van der Waals surface area contributed by atoms with Crippen LogP contribution in [0.3, 0.4) is 0 Å². The third kappa shape index (κ3) is 2.47. The van der Waals surface area contributed by atoms with Crippen molar-refractivity contribution >= 4 is 5.82 Å². The Labute approximate surface area is 112 Å². The predicted octanol–water partition coefficient (Wildman–Crippen LogP) is 2.35. The monoisotopic (exact) mass is 256 g/mol. The highest BCUT2D eigenvalue weighted by molar-refractivity contribution is 5.46. The van der Waals surface area contributed by atoms with Gasteiger partial charge in [-0.15, -0.1) is 0 Å². The largest absolute Gasteiger partial charge is 0.486 e. The second-order valence-corrected chi connectivity index (χ2v) is 4.70. The number of rotatable bonds is 3. The Balaban J connectivity index is 1.63. The molecule has 2 N–H and O–H groups in total. The van der Waals surface area contributed by atoms with Gasteiger partial charge in [0, 0.05) is 12.1 Å². The quantitative estimate of drug-likeness (QED) is 0.915. The lowest BCUT2D eigenvalue weighted by atomic mass is 10.1. The van der Waals surface area contributed by atoms with Crippen molar-refractivity contribution in [3.8, 4) is 11.5 Å². The summed E-state index contributed by atoms with van der Waals surface area (Å²) in [5, 5.41) is 0. The van der Waals surface area contributed by atoms with Crippen LogP contribution < -0.4 is 15.2 Å². The van der Waals surface area contributed by atoms with Crippen LogP contribution in [0.4, 0.5) is 5.82 Å². The van der Waals surface area contributed by atoms with Crippen LogP contribution in [0, 0.1) is 6.92 Å². The third-order valence-corrected chi connectivity index (χ3v) is 3.16. The van der Waals surface area contributed by atoms with Gasteiger partial charge in [-0.25, -0.2) is 4.98 Å². The lowest BCUT2D eigenvalue weighted by molar-refractivity contribution is 0.149. The zero-order chi connectivity index (χ0) is 13.2. The first-order valence-corrected chi connectivity index (χ1v) is 6.33. The van der Waals surface area contributed by atoms with E-state index in [-0.39, 0.29) is 6.10 Å². The Bertz CT molecular complexity index is 573. The second kappa shape index (κ2) is 4.80. The van der Waals surface area contributed by atoms with Gasteiger partial charge >= 0.3 is 0 Å². The molecular formula is C15H16N2O2. The minimum atomic E-state index is 0.0399. The van der Waals surface area contributed by atoms with Crippen molar-refractivity contribution in [3.63, 3.8) is 0 Å². The van der Waals surface area contributed by atoms with E-state index in [1.165, 1.54) is 5.56 Å². The number of pyridine rings is 1. The van der Waals surface area contributed by atoms with Crippen LogP contribution in [-0.4, -0.2) is 17.7 Å². The number of nitrogen functional groups attached to an aromatic ring is 1. The van der Waals surface area contributed by atoms with E-state index in [9.17, 15) is 0 Å². The van der Waals surface area contributed by atoms with Crippen molar-refractivity contribution in [2.45, 2.75) is 19.4 Å². The van der Waals surface area contributed by atoms with Gasteiger partial charge in [-0.05, 0) is 30.7 Å². The minimum Gasteiger partial charge on any atom is -0.486 e. The zero-order valence-electron chi connectivity index (χ0n) is 10.8. The van der Waals surface area contributed by atoms with Gasteiger partial charge < -0.3 is 15.2 Å². The number of aromatic nitrogens is 1. The topological polar surface area (TPSA) is 57.4 Å². The average Bonchev–Trinajstić information content (AvgIpc) is 2.80. The van der Waals surface area contributed by atoms with Crippen molar-refractivity contribution in [2.75, 3.05) is 12.3 Å². The Morgan fingerprint density at radius 3 is 2.95 bits per heavy atom. The molecule has 0 saturated carbocycles. The molecule has 4 nitrogen and oxygen atoms in total. The lowest BCUT2D eigenvalue weighted by Gasteiger charge is -2.13. The van der Waals surface area contributed by atoms with E-state index < -0.39 is 0 Å². The average molecular weight is 256 g/mol. The highest BCUT2D eigenvalue weighted by Crippen LogP contribution is 2.29. The summed E-state index contributed by atoms with van der Waals surface area (Å²) >= 11 is 0. The summed E-state index contributed by atoms with van der Waals surface area (Å²) in [5.41, 5.74) is 7.92. The molecule has 1 aromatic carbocycles. The molecule has 0 bridgehead atoms. The predicted molar refractivity (Wildman–Crippen MR) is 73.4 cm³/mol. The van der Waals surface area contributed by atoms with E-state index in [0.717, 1.165) is 17.9 Å². The molecule has 1 unspecified atom stereocenters. The second-order valence-electron chi connectivity index (χ2n) is 4.70. The van der Waals surface area contributed by atoms with Gasteiger partial charge in [-0.2, -0.15) is 0 Å². The van der Waals surface area contributed by atoms with Gasteiger partial charge in [-0.1, -0.05) is 18.2 Å². The molecule has 1 aromatic heterocycles. The highest BCUT2D eigenvalue weighted by Gasteiger charge is 2.23. The third-order valence-electron chi connectivity index (χ3n) is 3.16. The molecule has 98 valence electrons. The molecule has 0 fully saturated rings. The molecule has 2 aromatic rings. The molecule has 0 radical (unpaired) electrons. The number of hydrogen-bond donors (Lipinski definition) is 1. The van der Waals surface area contributed by atoms with Crippen molar-refractivity contribution < 1.29 is 9.47 Å². The van der Waals surface area contributed by atoms with E-state index in [0.29, 0.717) is 18.2 Å². The van der Waals surface area contributed by atoms with Crippen molar-refractivity contribution in [2.24, 2.45) is 0 Å². The molecule has 1 aliphatic rings. The van der Waals surface area contributed by atoms with Gasteiger partial charge in [0.1, 0.15) is 18.5 Å². The molecule has 0 aliphatic carbocycles. The lowest BCUT2D eigenvalue weighted by Crippen LogP contribution is -2.22. The number of nitrogens with zero attached hydrogens (tertiary/aromatic N) is 1. The Morgan fingerprint density at radius 1 is 1.32 bits per heavy atom. The van der Waals surface area contributed by atoms with Crippen molar-refractivity contribution in [1.29, 1.82) is 0 Å². The van der Waals surface area contributed by atoms with Gasteiger partial charge in [-0.3, -0.25) is 0 Å². The standard InChI is InChI=1S/C15H16N2O2/c1-10-6-7-14(15(16)17-10)18-9-12-8-11-4-2-3-5-13(11)19-12/h2-7,12H,8-9H2,1H3,(H2,16,17). The fourth-order valence-corrected chi connectivity index (χ4v) is 2.22. The van der Waals surface area contributed by atoms with Gasteiger partial charge in [0.2, 0.25) is 0 Å². The van der Waals surface area contributed by atoms with Gasteiger partial charge in [0.25, 0.3) is 0 Å². The summed E-state index contributed by atoms with van der Waals surface area (Å²) in [7, 11) is 0. The molecule has 1 atom stereocenters. The molecular weight excluding hydrogens is 240 g/mol. The van der Waals surface area contributed by atoms with Crippen LogP contribution >= 0.6 is 0 Å². The fraction of sp³-hybridized carbons (Fsp3) is 0.267. The van der Waals surface area contributed by atoms with Crippen LogP contribution in [0.15, 0.2) is 36.4 Å². The number of benzene rings is 1. The van der Waals surface area contributed by atoms with E-state index >= 15 is 0 Å². The zero-order valence-corrected chi connectivity index (χ0v) is 10.8. The summed E-state index contributed by atoms with van der Waals surface area (Å²) in [6.45, 7) is 2.38. The maximum absolute atomic E-state index is 5.81. The SMILES string of the molecule is Cc1ccc(OCC2Cc3ccccc3O2)c(N)n1. The summed E-state index contributed by atoms with van der Waals surface area (Å²) in [6, 6.07) is 11.8. The maximum Gasteiger partial charge on any atom is 0.166 e. The highest BCUT2D eigenvalue weighted by atomic mass is 16.5. The number of ether oxygens (including phenoxy) is 2. The van der Waals surface area contributed by atoms with Crippen LogP contribution in [0.2, 0.25) is 0 Å². The fourth-order valence-electron chi connectivity index (χ4n) is 2.22. The Morgan fingerprint density at radius 2 is 2.16 bits per heavy atom. The molecule has 4 heteroatoms. The number of hydrogen-bond acceptors (Lipinski definition) is 4. The summed E-state index contributed by atoms with van der Waals surface area (Å²) in [6.07, 6.45) is 0.910. The van der Waals surface area contributed by atoms with E-state index in [1.54, 1.807) is 0 Å². The van der Waals surface area contributed by atoms with E-state index in [4.69, 9.17) is 15.2 Å². The van der Waals surface area contributed by atoms with E-state index in [1.807, 2.05) is 37.3 Å². The first kappa shape index (κ1) is 11.8. The molecule has 0 spiro atoms.